The maximum Gasteiger partial charge on any atom is 0.136 e. The van der Waals surface area contributed by atoms with Crippen molar-refractivity contribution in [2.75, 3.05) is 0 Å². The Bertz CT molecular complexity index is 3610. The van der Waals surface area contributed by atoms with Gasteiger partial charge in [-0.05, 0) is 94.6 Å². The van der Waals surface area contributed by atoms with Crippen LogP contribution in [0.1, 0.15) is 20.6 Å². The predicted octanol–water partition coefficient (Wildman–Crippen LogP) is 13.2. The first-order valence-corrected chi connectivity index (χ1v) is 15.0. The molecule has 1 heteroatoms. The fourth-order valence-corrected chi connectivity index (χ4v) is 6.71. The lowest BCUT2D eigenvalue weighted by Crippen LogP contribution is -1.91. The standard InChI is InChI=1S/C46H28O/c1-2-12-33-28-34(25-20-29(33)10-1)44-39-16-7-5-14-37(39)43(38-15-6-8-17-40(38)44)32-23-21-31(22-24-32)36-18-9-19-41-45(36)46-35-13-4-3-11-30(35)26-27-42(46)47-41/h1-28H/i1D,2D,5D,6D,7D,8D,10D,12D,14D,15D,16D,17D,20D,25D,28D. The molecule has 1 aromatic heterocycles. The van der Waals surface area contributed by atoms with Crippen LogP contribution >= 0.6 is 0 Å². The van der Waals surface area contributed by atoms with Gasteiger partial charge in [0.1, 0.15) is 11.2 Å². The summed E-state index contributed by atoms with van der Waals surface area (Å²) in [6.07, 6.45) is 0. The number of furan rings is 1. The number of fused-ring (bicyclic) bond motifs is 8. The molecule has 218 valence electrons. The molecule has 1 heterocycles. The Kier molecular flexibility index (Phi) is 3.33. The summed E-state index contributed by atoms with van der Waals surface area (Å²) in [6.45, 7) is 0. The van der Waals surface area contributed by atoms with Crippen molar-refractivity contribution in [2.45, 2.75) is 0 Å². The van der Waals surface area contributed by atoms with Gasteiger partial charge in [0.05, 0.1) is 20.6 Å². The summed E-state index contributed by atoms with van der Waals surface area (Å²) < 4.78 is 140. The van der Waals surface area contributed by atoms with Crippen LogP contribution in [0.5, 0.6) is 0 Å². The summed E-state index contributed by atoms with van der Waals surface area (Å²) in [7, 11) is 0. The van der Waals surface area contributed by atoms with Gasteiger partial charge in [0, 0.05) is 10.8 Å². The third kappa shape index (κ3) is 3.97. The Morgan fingerprint density at radius 1 is 0.383 bits per heavy atom. The molecule has 0 N–H and O–H groups in total. The van der Waals surface area contributed by atoms with Gasteiger partial charge < -0.3 is 4.42 Å². The van der Waals surface area contributed by atoms with E-state index in [4.69, 9.17) is 16.8 Å². The minimum absolute atomic E-state index is 0.0362. The van der Waals surface area contributed by atoms with Crippen LogP contribution in [0, 0.1) is 0 Å². The second-order valence-electron chi connectivity index (χ2n) is 11.3. The lowest BCUT2D eigenvalue weighted by atomic mass is 9.85. The predicted molar refractivity (Wildman–Crippen MR) is 200 cm³/mol. The van der Waals surface area contributed by atoms with Crippen molar-refractivity contribution in [1.29, 1.82) is 0 Å². The van der Waals surface area contributed by atoms with Crippen LogP contribution in [0.4, 0.5) is 0 Å². The number of rotatable bonds is 3. The van der Waals surface area contributed by atoms with Crippen molar-refractivity contribution in [1.82, 2.24) is 0 Å². The molecule has 0 aliphatic rings. The van der Waals surface area contributed by atoms with E-state index in [0.717, 1.165) is 32.7 Å². The summed E-state index contributed by atoms with van der Waals surface area (Å²) in [5, 5.41) is 2.07. The molecule has 10 aromatic rings. The molecular formula is C46H28O. The van der Waals surface area contributed by atoms with Crippen molar-refractivity contribution in [3.63, 3.8) is 0 Å². The molecule has 0 bridgehead atoms. The fraction of sp³-hybridized carbons (Fsp3) is 0. The molecule has 0 aliphatic carbocycles. The highest BCUT2D eigenvalue weighted by Gasteiger charge is 2.18. The second kappa shape index (κ2) is 10.2. The lowest BCUT2D eigenvalue weighted by Gasteiger charge is -2.18. The van der Waals surface area contributed by atoms with E-state index < -0.39 is 107 Å². The summed E-state index contributed by atoms with van der Waals surface area (Å²) in [6, 6.07) is 14.7. The summed E-state index contributed by atoms with van der Waals surface area (Å²) in [4.78, 5) is 0. The second-order valence-corrected chi connectivity index (χ2v) is 11.3. The van der Waals surface area contributed by atoms with Crippen LogP contribution in [0.3, 0.4) is 0 Å². The van der Waals surface area contributed by atoms with E-state index in [2.05, 4.69) is 0 Å². The molecule has 0 atom stereocenters. The number of benzene rings is 9. The van der Waals surface area contributed by atoms with Gasteiger partial charge in [-0.2, -0.15) is 0 Å². The quantitative estimate of drug-likeness (QED) is 0.181. The molecule has 0 amide bonds. The van der Waals surface area contributed by atoms with Crippen LogP contribution in [0.2, 0.25) is 0 Å². The fourth-order valence-electron chi connectivity index (χ4n) is 6.71. The molecule has 0 radical (unpaired) electrons. The molecule has 9 aromatic carbocycles. The maximum atomic E-state index is 9.43. The van der Waals surface area contributed by atoms with Gasteiger partial charge >= 0.3 is 0 Å². The van der Waals surface area contributed by atoms with Crippen LogP contribution < -0.4 is 0 Å². The molecule has 1 nitrogen and oxygen atoms in total. The zero-order chi connectivity index (χ0) is 44.0. The van der Waals surface area contributed by atoms with E-state index >= 15 is 0 Å². The van der Waals surface area contributed by atoms with Crippen molar-refractivity contribution in [2.24, 2.45) is 0 Å². The first-order valence-electron chi connectivity index (χ1n) is 22.5. The Morgan fingerprint density at radius 2 is 1.00 bits per heavy atom. The Balaban J connectivity index is 1.35. The van der Waals surface area contributed by atoms with Crippen LogP contribution in [-0.4, -0.2) is 0 Å². The average molecular weight is 612 g/mol. The molecule has 0 saturated carbocycles. The minimum Gasteiger partial charge on any atom is -0.456 e. The monoisotopic (exact) mass is 611 g/mol. The van der Waals surface area contributed by atoms with Crippen molar-refractivity contribution in [3.05, 3.63) is 169 Å². The first kappa shape index (κ1) is 15.4. The highest BCUT2D eigenvalue weighted by molar-refractivity contribution is 6.24. The summed E-state index contributed by atoms with van der Waals surface area (Å²) in [5.41, 5.74) is 2.47. The lowest BCUT2D eigenvalue weighted by molar-refractivity contribution is 0.669. The zero-order valence-corrected chi connectivity index (χ0v) is 24.4. The van der Waals surface area contributed by atoms with E-state index in [9.17, 15) is 8.22 Å². The highest BCUT2D eigenvalue weighted by Crippen LogP contribution is 2.45. The molecular weight excluding hydrogens is 569 g/mol. The van der Waals surface area contributed by atoms with Crippen molar-refractivity contribution >= 4 is 65.0 Å². The van der Waals surface area contributed by atoms with E-state index in [1.807, 2.05) is 66.7 Å². The zero-order valence-electron chi connectivity index (χ0n) is 39.4. The highest BCUT2D eigenvalue weighted by atomic mass is 16.3. The molecule has 0 saturated heterocycles. The first-order chi connectivity index (χ1) is 29.6. The molecule has 0 unspecified atom stereocenters. The Hall–Kier alpha value is -6.18. The maximum absolute atomic E-state index is 9.43. The SMILES string of the molecule is [2H]c1c([2H])c([2H])c2c([2H])c(-c3c4c([2H])c([2H])c([2H])c([2H])c4c(-c4ccc(-c5cccc6oc7ccc8ccccc8c7c56)cc4)c4c([2H])c([2H])c([2H])c([2H])c34)c([2H])c([2H])c2c1[2H]. The summed E-state index contributed by atoms with van der Waals surface area (Å²) in [5.74, 6) is 0. The van der Waals surface area contributed by atoms with Crippen LogP contribution in [-0.2, 0) is 0 Å². The molecule has 10 rings (SSSR count). The molecule has 47 heavy (non-hydrogen) atoms. The van der Waals surface area contributed by atoms with Gasteiger partial charge in [-0.1, -0.05) is 151 Å². The van der Waals surface area contributed by atoms with E-state index in [-0.39, 0.29) is 32.7 Å². The van der Waals surface area contributed by atoms with E-state index in [1.54, 1.807) is 12.1 Å². The topological polar surface area (TPSA) is 13.1 Å². The van der Waals surface area contributed by atoms with Crippen molar-refractivity contribution < 1.29 is 25.0 Å². The van der Waals surface area contributed by atoms with Gasteiger partial charge in [-0.25, -0.2) is 0 Å². The molecule has 0 fully saturated rings. The van der Waals surface area contributed by atoms with Crippen molar-refractivity contribution in [3.8, 4) is 33.4 Å². The Labute approximate surface area is 293 Å². The van der Waals surface area contributed by atoms with Gasteiger partial charge in [-0.15, -0.1) is 0 Å². The molecule has 0 aliphatic heterocycles. The van der Waals surface area contributed by atoms with Gasteiger partial charge in [-0.3, -0.25) is 0 Å². The third-order valence-electron chi connectivity index (χ3n) is 8.75. The summed E-state index contributed by atoms with van der Waals surface area (Å²) >= 11 is 0. The smallest absolute Gasteiger partial charge is 0.136 e. The van der Waals surface area contributed by atoms with Gasteiger partial charge in [0.15, 0.2) is 0 Å². The van der Waals surface area contributed by atoms with Crippen LogP contribution in [0.15, 0.2) is 174 Å². The number of hydrogen-bond acceptors (Lipinski definition) is 1. The normalized spacial score (nSPS) is 16.3. The van der Waals surface area contributed by atoms with E-state index in [0.29, 0.717) is 16.7 Å². The van der Waals surface area contributed by atoms with Gasteiger partial charge in [0.2, 0.25) is 0 Å². The number of hydrogen-bond donors (Lipinski definition) is 0. The Morgan fingerprint density at radius 3 is 1.74 bits per heavy atom. The average Bonchev–Trinajstić information content (AvgIpc) is 3.67. The molecule has 0 spiro atoms. The largest absolute Gasteiger partial charge is 0.456 e. The third-order valence-corrected chi connectivity index (χ3v) is 8.75. The van der Waals surface area contributed by atoms with Gasteiger partial charge in [0.25, 0.3) is 0 Å². The van der Waals surface area contributed by atoms with E-state index in [1.165, 1.54) is 0 Å². The minimum atomic E-state index is -0.735. The van der Waals surface area contributed by atoms with Crippen LogP contribution in [0.25, 0.3) is 98.4 Å².